The number of ether oxygens (including phenoxy) is 4. The molecule has 0 saturated carbocycles. The van der Waals surface area contributed by atoms with Crippen molar-refractivity contribution in [1.29, 1.82) is 0 Å². The molecule has 2 amide bonds. The molecule has 5 N–H and O–H groups in total. The number of hydrogen-bond acceptors (Lipinski definition) is 11. The fourth-order valence-corrected chi connectivity index (χ4v) is 3.32. The Kier molecular flexibility index (Phi) is 10.3. The molecule has 13 nitrogen and oxygen atoms in total. The summed E-state index contributed by atoms with van der Waals surface area (Å²) in [6, 6.07) is -1.04. The predicted molar refractivity (Wildman–Crippen MR) is 108 cm³/mol. The molecule has 0 aromatic rings. The molecule has 5 atom stereocenters. The molecule has 1 fully saturated rings. The van der Waals surface area contributed by atoms with Crippen molar-refractivity contribution in [3.05, 3.63) is 11.1 Å². The van der Waals surface area contributed by atoms with E-state index in [1.54, 1.807) is 0 Å². The van der Waals surface area contributed by atoms with Crippen LogP contribution in [0.3, 0.4) is 0 Å². The van der Waals surface area contributed by atoms with E-state index in [-0.39, 0.29) is 56.3 Å². The number of aliphatic hydroxyl groups excluding tert-OH is 3. The summed E-state index contributed by atoms with van der Waals surface area (Å²) < 4.78 is 20.7. The summed E-state index contributed by atoms with van der Waals surface area (Å²) in [4.78, 5) is 46.0. The Morgan fingerprint density at radius 3 is 2.42 bits per heavy atom. The van der Waals surface area contributed by atoms with Gasteiger partial charge in [0.2, 0.25) is 11.8 Å². The maximum atomic E-state index is 11.9. The number of amides is 2. The van der Waals surface area contributed by atoms with Crippen LogP contribution in [0.4, 0.5) is 0 Å². The molecule has 0 bridgehead atoms. The van der Waals surface area contributed by atoms with Crippen molar-refractivity contribution in [2.24, 2.45) is 0 Å². The van der Waals surface area contributed by atoms with E-state index >= 15 is 0 Å². The van der Waals surface area contributed by atoms with Crippen LogP contribution in [0.1, 0.15) is 26.7 Å². The van der Waals surface area contributed by atoms with Gasteiger partial charge in [-0.15, -0.1) is 0 Å². The van der Waals surface area contributed by atoms with E-state index in [2.05, 4.69) is 15.4 Å². The number of aliphatic hydroxyl groups is 3. The molecule has 0 aliphatic carbocycles. The fourth-order valence-electron chi connectivity index (χ4n) is 3.32. The molecule has 0 aromatic heterocycles. The maximum Gasteiger partial charge on any atom is 0.342 e. The van der Waals surface area contributed by atoms with Gasteiger partial charge in [-0.25, -0.2) is 9.59 Å². The first kappa shape index (κ1) is 26.8. The molecule has 0 spiro atoms. The van der Waals surface area contributed by atoms with Gasteiger partial charge in [-0.2, -0.15) is 0 Å². The normalized spacial score (nSPS) is 27.5. The Balaban J connectivity index is 1.64. The maximum absolute atomic E-state index is 11.9. The van der Waals surface area contributed by atoms with Crippen LogP contribution in [-0.4, -0.2) is 103 Å². The van der Waals surface area contributed by atoms with E-state index in [0.717, 1.165) is 0 Å². The standard InChI is InChI=1S/C20H30N2O11/c1-10-12(19(29)33-18(10)28)3-4-14(25)21-5-6-30-7-8-31-20-15(22-11(2)24)17(27)16(26)13(9-23)32-20/h13,15-17,20,23,26-27H,3-9H2,1-2H3,(H,21,25)(H,22,24)/t13-,15-,16+,17?,20?/m1/s1. The van der Waals surface area contributed by atoms with Crippen LogP contribution in [0, 0.1) is 0 Å². The largest absolute Gasteiger partial charge is 0.394 e. The third-order valence-corrected chi connectivity index (χ3v) is 5.12. The lowest BCUT2D eigenvalue weighted by Crippen LogP contribution is -2.64. The molecule has 2 aliphatic rings. The van der Waals surface area contributed by atoms with Crippen LogP contribution in [0.5, 0.6) is 0 Å². The SMILES string of the molecule is CC(=O)N[C@H]1C(OCCOCCNC(=O)CCC2=C(C)C(=O)OC2=O)O[C@H](CO)[C@H](O)C1O. The molecule has 33 heavy (non-hydrogen) atoms. The van der Waals surface area contributed by atoms with E-state index in [4.69, 9.17) is 14.2 Å². The Bertz CT molecular complexity index is 769. The quantitative estimate of drug-likeness (QED) is 0.112. The second kappa shape index (κ2) is 12.7. The Labute approximate surface area is 190 Å². The number of cyclic esters (lactones) is 2. The third-order valence-electron chi connectivity index (χ3n) is 5.12. The third kappa shape index (κ3) is 7.55. The lowest BCUT2D eigenvalue weighted by Gasteiger charge is -2.42. The zero-order chi connectivity index (χ0) is 24.5. The highest BCUT2D eigenvalue weighted by atomic mass is 16.7. The van der Waals surface area contributed by atoms with Crippen LogP contribution in [0.2, 0.25) is 0 Å². The van der Waals surface area contributed by atoms with Crippen LogP contribution in [0.25, 0.3) is 0 Å². The Morgan fingerprint density at radius 2 is 1.82 bits per heavy atom. The molecule has 2 aliphatic heterocycles. The highest BCUT2D eigenvalue weighted by Crippen LogP contribution is 2.22. The lowest BCUT2D eigenvalue weighted by molar-refractivity contribution is -0.272. The average Bonchev–Trinajstić information content (AvgIpc) is 3.01. The first-order valence-corrected chi connectivity index (χ1v) is 10.5. The number of hydrogen-bond donors (Lipinski definition) is 5. The summed E-state index contributed by atoms with van der Waals surface area (Å²) in [6.45, 7) is 2.65. The summed E-state index contributed by atoms with van der Waals surface area (Å²) in [6.07, 6.45) is -4.86. The molecule has 1 saturated heterocycles. The minimum absolute atomic E-state index is 0.0131. The minimum atomic E-state index is -1.40. The van der Waals surface area contributed by atoms with Crippen molar-refractivity contribution < 1.29 is 53.4 Å². The zero-order valence-corrected chi connectivity index (χ0v) is 18.4. The van der Waals surface area contributed by atoms with Crippen molar-refractivity contribution in [1.82, 2.24) is 10.6 Å². The van der Waals surface area contributed by atoms with Crippen molar-refractivity contribution in [3.8, 4) is 0 Å². The zero-order valence-electron chi connectivity index (χ0n) is 18.4. The van der Waals surface area contributed by atoms with Gasteiger partial charge in [0, 0.05) is 31.0 Å². The molecule has 2 heterocycles. The van der Waals surface area contributed by atoms with Gasteiger partial charge >= 0.3 is 11.9 Å². The van der Waals surface area contributed by atoms with Gasteiger partial charge in [0.25, 0.3) is 0 Å². The second-order valence-electron chi connectivity index (χ2n) is 7.55. The summed E-state index contributed by atoms with van der Waals surface area (Å²) >= 11 is 0. The van der Waals surface area contributed by atoms with Gasteiger partial charge in [-0.05, 0) is 13.3 Å². The van der Waals surface area contributed by atoms with Gasteiger partial charge in [0.05, 0.1) is 26.4 Å². The number of nitrogens with one attached hydrogen (secondary N) is 2. The summed E-state index contributed by atoms with van der Waals surface area (Å²) in [5.74, 6) is -2.19. The smallest absolute Gasteiger partial charge is 0.342 e. The topological polar surface area (TPSA) is 190 Å². The molecule has 13 heteroatoms. The Morgan fingerprint density at radius 1 is 1.09 bits per heavy atom. The van der Waals surface area contributed by atoms with Crippen molar-refractivity contribution >= 4 is 23.8 Å². The average molecular weight is 474 g/mol. The van der Waals surface area contributed by atoms with E-state index in [0.29, 0.717) is 0 Å². The lowest BCUT2D eigenvalue weighted by atomic mass is 9.97. The molecule has 0 aromatic carbocycles. The van der Waals surface area contributed by atoms with E-state index in [1.165, 1.54) is 13.8 Å². The Hall–Kier alpha value is -2.42. The van der Waals surface area contributed by atoms with Gasteiger partial charge in [-0.3, -0.25) is 9.59 Å². The van der Waals surface area contributed by atoms with Crippen LogP contribution >= 0.6 is 0 Å². The number of esters is 2. The predicted octanol–water partition coefficient (Wildman–Crippen LogP) is -2.74. The van der Waals surface area contributed by atoms with Gasteiger partial charge in [0.1, 0.15) is 24.4 Å². The first-order chi connectivity index (χ1) is 15.6. The van der Waals surface area contributed by atoms with E-state index in [9.17, 15) is 34.5 Å². The molecule has 2 rings (SSSR count). The second-order valence-corrected chi connectivity index (χ2v) is 7.55. The van der Waals surface area contributed by atoms with E-state index < -0.39 is 55.1 Å². The first-order valence-electron chi connectivity index (χ1n) is 10.5. The molecular weight excluding hydrogens is 444 g/mol. The monoisotopic (exact) mass is 474 g/mol. The molecule has 2 unspecified atom stereocenters. The number of rotatable bonds is 12. The molecule has 186 valence electrons. The summed E-state index contributed by atoms with van der Waals surface area (Å²) in [5.41, 5.74) is 0.415. The van der Waals surface area contributed by atoms with Crippen molar-refractivity contribution in [3.63, 3.8) is 0 Å². The van der Waals surface area contributed by atoms with E-state index in [1.807, 2.05) is 0 Å². The van der Waals surface area contributed by atoms with Crippen LogP contribution in [-0.2, 0) is 38.1 Å². The molecule has 0 radical (unpaired) electrons. The fraction of sp³-hybridized carbons (Fsp3) is 0.700. The van der Waals surface area contributed by atoms with Crippen molar-refractivity contribution in [2.75, 3.05) is 33.0 Å². The summed E-state index contributed by atoms with van der Waals surface area (Å²) in [7, 11) is 0. The minimum Gasteiger partial charge on any atom is -0.394 e. The molecular formula is C20H30N2O11. The van der Waals surface area contributed by atoms with Gasteiger partial charge in [-0.1, -0.05) is 0 Å². The van der Waals surface area contributed by atoms with Crippen LogP contribution < -0.4 is 10.6 Å². The summed E-state index contributed by atoms with van der Waals surface area (Å²) in [5, 5.41) is 34.5. The highest BCUT2D eigenvalue weighted by molar-refractivity contribution is 6.12. The highest BCUT2D eigenvalue weighted by Gasteiger charge is 2.45. The number of carbonyl (C=O) groups excluding carboxylic acids is 4. The van der Waals surface area contributed by atoms with Crippen LogP contribution in [0.15, 0.2) is 11.1 Å². The number of carbonyl (C=O) groups is 4. The van der Waals surface area contributed by atoms with Gasteiger partial charge in [0.15, 0.2) is 6.29 Å². The van der Waals surface area contributed by atoms with Crippen molar-refractivity contribution in [2.45, 2.75) is 57.3 Å². The van der Waals surface area contributed by atoms with Gasteiger partial charge < -0.3 is 44.9 Å².